The van der Waals surface area contributed by atoms with Gasteiger partial charge in [0.25, 0.3) is 0 Å². The lowest BCUT2D eigenvalue weighted by Gasteiger charge is -2.32. The predicted octanol–water partition coefficient (Wildman–Crippen LogP) is 6.44. The van der Waals surface area contributed by atoms with E-state index in [0.29, 0.717) is 27.1 Å². The number of halogens is 2. The molecule has 1 aliphatic rings. The molecule has 1 unspecified atom stereocenters. The smallest absolute Gasteiger partial charge is 0.338 e. The van der Waals surface area contributed by atoms with E-state index < -0.39 is 11.2 Å². The summed E-state index contributed by atoms with van der Waals surface area (Å²) in [5.41, 5.74) is 2.46. The van der Waals surface area contributed by atoms with Crippen LogP contribution < -0.4 is 5.32 Å². The number of anilines is 1. The van der Waals surface area contributed by atoms with E-state index in [1.54, 1.807) is 60.4 Å². The minimum Gasteiger partial charge on any atom is -0.462 e. The van der Waals surface area contributed by atoms with Crippen LogP contribution in [0.5, 0.6) is 0 Å². The summed E-state index contributed by atoms with van der Waals surface area (Å²) < 4.78 is 5.93. The average molecular weight is 601 g/mol. The molecular formula is C27H23BrClN3O4S. The van der Waals surface area contributed by atoms with E-state index in [-0.39, 0.29) is 31.4 Å². The first kappa shape index (κ1) is 26.9. The van der Waals surface area contributed by atoms with Gasteiger partial charge in [0, 0.05) is 21.6 Å². The van der Waals surface area contributed by atoms with Crippen molar-refractivity contribution in [2.75, 3.05) is 11.9 Å². The van der Waals surface area contributed by atoms with E-state index in [0.717, 1.165) is 10.0 Å². The number of nitrogens with zero attached hydrogens (tertiary/aromatic N) is 2. The Kier molecular flexibility index (Phi) is 9.02. The summed E-state index contributed by atoms with van der Waals surface area (Å²) in [6.45, 7) is 2.31. The molecule has 1 N–H and O–H groups in total. The van der Waals surface area contributed by atoms with Crippen molar-refractivity contribution in [3.63, 3.8) is 0 Å². The van der Waals surface area contributed by atoms with E-state index >= 15 is 0 Å². The van der Waals surface area contributed by atoms with Gasteiger partial charge in [0.2, 0.25) is 11.8 Å². The normalized spacial score (nSPS) is 16.5. The van der Waals surface area contributed by atoms with Crippen LogP contribution in [0.25, 0.3) is 0 Å². The number of benzene rings is 3. The number of carbonyl (C=O) groups is 3. The number of hydrogen-bond donors (Lipinski definition) is 1. The second kappa shape index (κ2) is 12.4. The summed E-state index contributed by atoms with van der Waals surface area (Å²) in [7, 11) is 0. The Balaban J connectivity index is 1.59. The fraction of sp³-hybridized carbons (Fsp3) is 0.185. The van der Waals surface area contributed by atoms with Crippen molar-refractivity contribution >= 4 is 73.6 Å². The Bertz CT molecular complexity index is 1310. The zero-order valence-electron chi connectivity index (χ0n) is 19.8. The molecule has 1 aliphatic heterocycles. The maximum absolute atomic E-state index is 13.3. The molecule has 1 fully saturated rings. The molecule has 3 aromatic carbocycles. The Labute approximate surface area is 232 Å². The number of esters is 1. The summed E-state index contributed by atoms with van der Waals surface area (Å²) in [6, 6.07) is 21.0. The zero-order chi connectivity index (χ0) is 26.4. The number of rotatable bonds is 7. The Hall–Kier alpha value is -3.14. The molecule has 190 valence electrons. The first-order valence-electron chi connectivity index (χ1n) is 11.5. The lowest BCUT2D eigenvalue weighted by atomic mass is 10.2. The topological polar surface area (TPSA) is 88.1 Å². The van der Waals surface area contributed by atoms with E-state index in [4.69, 9.17) is 16.3 Å². The van der Waals surface area contributed by atoms with Crippen LogP contribution in [0, 0.1) is 0 Å². The van der Waals surface area contributed by atoms with E-state index in [1.165, 1.54) is 11.8 Å². The largest absolute Gasteiger partial charge is 0.462 e. The first-order valence-corrected chi connectivity index (χ1v) is 13.5. The number of hydrogen-bond acceptors (Lipinski definition) is 6. The summed E-state index contributed by atoms with van der Waals surface area (Å²) >= 11 is 10.6. The number of amidine groups is 1. The molecule has 1 saturated heterocycles. The highest BCUT2D eigenvalue weighted by Crippen LogP contribution is 2.31. The van der Waals surface area contributed by atoms with Gasteiger partial charge in [-0.05, 0) is 73.2 Å². The Morgan fingerprint density at radius 3 is 2.41 bits per heavy atom. The minimum atomic E-state index is -0.657. The Morgan fingerprint density at radius 1 is 1.08 bits per heavy atom. The fourth-order valence-corrected chi connectivity index (χ4v) is 5.01. The number of amides is 2. The molecule has 0 spiro atoms. The van der Waals surface area contributed by atoms with Crippen molar-refractivity contribution in [3.05, 3.63) is 93.4 Å². The minimum absolute atomic E-state index is 0.0292. The van der Waals surface area contributed by atoms with Crippen molar-refractivity contribution in [2.24, 2.45) is 4.99 Å². The summed E-state index contributed by atoms with van der Waals surface area (Å²) in [6.07, 6.45) is 0.0292. The molecule has 0 aliphatic carbocycles. The summed E-state index contributed by atoms with van der Waals surface area (Å²) in [5.74, 6) is -0.915. The third-order valence-electron chi connectivity index (χ3n) is 5.40. The van der Waals surface area contributed by atoms with Gasteiger partial charge in [0.05, 0.1) is 24.4 Å². The van der Waals surface area contributed by atoms with Gasteiger partial charge in [-0.15, -0.1) is 0 Å². The van der Waals surface area contributed by atoms with Gasteiger partial charge >= 0.3 is 5.97 Å². The third kappa shape index (κ3) is 7.21. The predicted molar refractivity (Wildman–Crippen MR) is 150 cm³/mol. The number of nitrogens with one attached hydrogen (secondary N) is 1. The Morgan fingerprint density at radius 2 is 1.76 bits per heavy atom. The van der Waals surface area contributed by atoms with Crippen molar-refractivity contribution in [2.45, 2.75) is 25.1 Å². The van der Waals surface area contributed by atoms with Gasteiger partial charge in [-0.25, -0.2) is 9.79 Å². The van der Waals surface area contributed by atoms with Gasteiger partial charge in [-0.2, -0.15) is 0 Å². The molecule has 2 amide bonds. The fourth-order valence-electron chi connectivity index (χ4n) is 3.52. The quantitative estimate of drug-likeness (QED) is 0.315. The standard InChI is InChI=1S/C27H23BrClN3O4S/c1-2-36-26(35)18-5-11-22(12-6-18)31-27-32(16-17-3-9-20(29)10-4-17)24(33)15-23(37-27)25(34)30-21-13-7-19(28)8-14-21/h3-14,23H,2,15-16H2,1H3,(H,30,34). The molecule has 4 rings (SSSR count). The van der Waals surface area contributed by atoms with Crippen molar-refractivity contribution in [1.29, 1.82) is 0 Å². The van der Waals surface area contributed by atoms with Gasteiger partial charge in [-0.1, -0.05) is 51.4 Å². The number of ether oxygens (including phenoxy) is 1. The summed E-state index contributed by atoms with van der Waals surface area (Å²) in [5, 5.41) is 3.21. The second-order valence-electron chi connectivity index (χ2n) is 8.07. The summed E-state index contributed by atoms with van der Waals surface area (Å²) in [4.78, 5) is 44.5. The van der Waals surface area contributed by atoms with Crippen LogP contribution in [0.1, 0.15) is 29.3 Å². The molecule has 10 heteroatoms. The van der Waals surface area contributed by atoms with Crippen molar-refractivity contribution < 1.29 is 19.1 Å². The van der Waals surface area contributed by atoms with Crippen LogP contribution >= 0.6 is 39.3 Å². The molecule has 0 saturated carbocycles. The van der Waals surface area contributed by atoms with Gasteiger partial charge < -0.3 is 10.1 Å². The SMILES string of the molecule is CCOC(=O)c1ccc(N=C2SC(C(=O)Nc3ccc(Br)cc3)CC(=O)N2Cc2ccc(Cl)cc2)cc1. The van der Waals surface area contributed by atoms with E-state index in [9.17, 15) is 14.4 Å². The number of thioether (sulfide) groups is 1. The van der Waals surface area contributed by atoms with Crippen LogP contribution in [0.2, 0.25) is 5.02 Å². The third-order valence-corrected chi connectivity index (χ3v) is 7.37. The second-order valence-corrected chi connectivity index (χ2v) is 10.6. The van der Waals surface area contributed by atoms with Crippen LogP contribution in [0.15, 0.2) is 82.3 Å². The molecule has 0 aromatic heterocycles. The zero-order valence-corrected chi connectivity index (χ0v) is 23.0. The molecule has 0 radical (unpaired) electrons. The number of aliphatic imine (C=N–C) groups is 1. The average Bonchev–Trinajstić information content (AvgIpc) is 2.89. The van der Waals surface area contributed by atoms with Crippen LogP contribution in [0.4, 0.5) is 11.4 Å². The van der Waals surface area contributed by atoms with E-state index in [1.807, 2.05) is 24.3 Å². The molecule has 0 bridgehead atoms. The molecule has 3 aromatic rings. The van der Waals surface area contributed by atoms with Crippen LogP contribution in [0.3, 0.4) is 0 Å². The van der Waals surface area contributed by atoms with Crippen molar-refractivity contribution in [1.82, 2.24) is 4.90 Å². The maximum Gasteiger partial charge on any atom is 0.338 e. The van der Waals surface area contributed by atoms with Gasteiger partial charge in [-0.3, -0.25) is 14.5 Å². The molecular weight excluding hydrogens is 578 g/mol. The van der Waals surface area contributed by atoms with Gasteiger partial charge in [0.15, 0.2) is 5.17 Å². The lowest BCUT2D eigenvalue weighted by Crippen LogP contribution is -2.44. The van der Waals surface area contributed by atoms with E-state index in [2.05, 4.69) is 26.2 Å². The highest BCUT2D eigenvalue weighted by atomic mass is 79.9. The highest BCUT2D eigenvalue weighted by Gasteiger charge is 2.36. The lowest BCUT2D eigenvalue weighted by molar-refractivity contribution is -0.129. The van der Waals surface area contributed by atoms with Crippen LogP contribution in [-0.4, -0.2) is 39.7 Å². The molecule has 7 nitrogen and oxygen atoms in total. The first-order chi connectivity index (χ1) is 17.8. The molecule has 1 atom stereocenters. The molecule has 37 heavy (non-hydrogen) atoms. The molecule has 1 heterocycles. The maximum atomic E-state index is 13.3. The monoisotopic (exact) mass is 599 g/mol. The van der Waals surface area contributed by atoms with Crippen molar-refractivity contribution in [3.8, 4) is 0 Å². The van der Waals surface area contributed by atoms with Crippen LogP contribution in [-0.2, 0) is 20.9 Å². The number of carbonyl (C=O) groups excluding carboxylic acids is 3. The van der Waals surface area contributed by atoms with Gasteiger partial charge in [0.1, 0.15) is 5.25 Å². The highest BCUT2D eigenvalue weighted by molar-refractivity contribution is 9.10.